The molecule has 4 nitrogen and oxygen atoms in total. The van der Waals surface area contributed by atoms with Crippen LogP contribution in [0.4, 0.5) is 11.5 Å². The van der Waals surface area contributed by atoms with Crippen molar-refractivity contribution in [1.29, 1.82) is 0 Å². The Kier molecular flexibility index (Phi) is 3.36. The maximum Gasteiger partial charge on any atom is 0.151 e. The molecule has 0 saturated carbocycles. The fraction of sp³-hybridized carbons (Fsp3) is 0.273. The molecule has 0 saturated heterocycles. The minimum atomic E-state index is 0.740. The van der Waals surface area contributed by atoms with E-state index in [1.54, 1.807) is 17.5 Å². The van der Waals surface area contributed by atoms with Gasteiger partial charge in [-0.1, -0.05) is 0 Å². The zero-order valence-electron chi connectivity index (χ0n) is 9.34. The van der Waals surface area contributed by atoms with Crippen LogP contribution in [-0.2, 0) is 6.54 Å². The molecule has 0 aliphatic carbocycles. The van der Waals surface area contributed by atoms with Crippen molar-refractivity contribution in [3.05, 3.63) is 34.9 Å². The molecule has 0 fully saturated rings. The molecule has 84 valence electrons. The van der Waals surface area contributed by atoms with E-state index < -0.39 is 0 Å². The summed E-state index contributed by atoms with van der Waals surface area (Å²) in [7, 11) is 3.97. The predicted molar refractivity (Wildman–Crippen MR) is 68.0 cm³/mol. The maximum atomic E-state index is 4.32. The third-order valence-electron chi connectivity index (χ3n) is 2.12. The Morgan fingerprint density at radius 3 is 2.88 bits per heavy atom. The summed E-state index contributed by atoms with van der Waals surface area (Å²) in [5.74, 6) is 0.944. The second kappa shape index (κ2) is 4.94. The first-order valence-corrected chi connectivity index (χ1v) is 5.90. The van der Waals surface area contributed by atoms with Crippen molar-refractivity contribution >= 4 is 22.8 Å². The number of hydrogen-bond donors (Lipinski definition) is 1. The highest BCUT2D eigenvalue weighted by Crippen LogP contribution is 2.21. The van der Waals surface area contributed by atoms with Gasteiger partial charge in [-0.15, -0.1) is 11.3 Å². The number of pyridine rings is 1. The van der Waals surface area contributed by atoms with E-state index in [1.165, 1.54) is 0 Å². The minimum absolute atomic E-state index is 0.740. The predicted octanol–water partition coefficient (Wildman–Crippen LogP) is 2.22. The number of aromatic nitrogens is 2. The lowest BCUT2D eigenvalue weighted by Crippen LogP contribution is -2.13. The summed E-state index contributed by atoms with van der Waals surface area (Å²) in [4.78, 5) is 10.5. The second-order valence-corrected chi connectivity index (χ2v) is 4.53. The molecule has 0 amide bonds. The average molecular weight is 234 g/mol. The van der Waals surface area contributed by atoms with Gasteiger partial charge in [0.05, 0.1) is 12.2 Å². The number of hydrogen-bond acceptors (Lipinski definition) is 5. The molecule has 0 atom stereocenters. The van der Waals surface area contributed by atoms with Gasteiger partial charge >= 0.3 is 0 Å². The summed E-state index contributed by atoms with van der Waals surface area (Å²) in [5.41, 5.74) is 1.03. The molecule has 0 bridgehead atoms. The monoisotopic (exact) mass is 234 g/mol. The van der Waals surface area contributed by atoms with Crippen molar-refractivity contribution in [2.24, 2.45) is 0 Å². The summed E-state index contributed by atoms with van der Waals surface area (Å²) >= 11 is 1.65. The summed E-state index contributed by atoms with van der Waals surface area (Å²) in [5, 5.41) is 6.40. The standard InChI is InChI=1S/C11H14N4S/c1-15(2)11-9(4-3-5-13-11)14-8-10-12-6-7-16-10/h3-7,14H,8H2,1-2H3. The van der Waals surface area contributed by atoms with Crippen LogP contribution in [0.5, 0.6) is 0 Å². The number of nitrogens with zero attached hydrogens (tertiary/aromatic N) is 3. The molecule has 2 aromatic heterocycles. The molecular formula is C11H14N4S. The van der Waals surface area contributed by atoms with E-state index in [9.17, 15) is 0 Å². The van der Waals surface area contributed by atoms with E-state index in [0.29, 0.717) is 0 Å². The molecule has 0 aliphatic rings. The van der Waals surface area contributed by atoms with E-state index in [2.05, 4.69) is 15.3 Å². The number of thiazole rings is 1. The van der Waals surface area contributed by atoms with E-state index in [4.69, 9.17) is 0 Å². The van der Waals surface area contributed by atoms with Crippen molar-refractivity contribution in [3.63, 3.8) is 0 Å². The lowest BCUT2D eigenvalue weighted by molar-refractivity contribution is 1.04. The topological polar surface area (TPSA) is 41.1 Å². The van der Waals surface area contributed by atoms with E-state index in [0.717, 1.165) is 23.1 Å². The van der Waals surface area contributed by atoms with Crippen LogP contribution in [0.25, 0.3) is 0 Å². The van der Waals surface area contributed by atoms with Crippen LogP contribution in [0.3, 0.4) is 0 Å². The Morgan fingerprint density at radius 1 is 1.31 bits per heavy atom. The second-order valence-electron chi connectivity index (χ2n) is 3.55. The summed E-state index contributed by atoms with van der Waals surface area (Å²) in [6.07, 6.45) is 3.61. The molecule has 0 aromatic carbocycles. The first kappa shape index (κ1) is 10.9. The van der Waals surface area contributed by atoms with Crippen LogP contribution in [0.2, 0.25) is 0 Å². The van der Waals surface area contributed by atoms with Gasteiger partial charge in [-0.3, -0.25) is 0 Å². The van der Waals surface area contributed by atoms with Gasteiger partial charge in [0, 0.05) is 31.9 Å². The SMILES string of the molecule is CN(C)c1ncccc1NCc1nccs1. The first-order chi connectivity index (χ1) is 7.77. The Labute approximate surface area is 99.0 Å². The van der Waals surface area contributed by atoms with E-state index in [-0.39, 0.29) is 0 Å². The first-order valence-electron chi connectivity index (χ1n) is 5.02. The highest BCUT2D eigenvalue weighted by molar-refractivity contribution is 7.09. The van der Waals surface area contributed by atoms with Crippen molar-refractivity contribution in [3.8, 4) is 0 Å². The summed E-state index contributed by atoms with van der Waals surface area (Å²) in [6, 6.07) is 3.95. The molecule has 0 spiro atoms. The van der Waals surface area contributed by atoms with Crippen LogP contribution in [0.1, 0.15) is 5.01 Å². The normalized spacial score (nSPS) is 10.1. The number of rotatable bonds is 4. The molecule has 0 radical (unpaired) electrons. The summed E-state index contributed by atoms with van der Waals surface area (Å²) in [6.45, 7) is 0.740. The number of nitrogens with one attached hydrogen (secondary N) is 1. The zero-order chi connectivity index (χ0) is 11.4. The molecule has 2 rings (SSSR count). The lowest BCUT2D eigenvalue weighted by Gasteiger charge is -2.16. The molecule has 0 aliphatic heterocycles. The van der Waals surface area contributed by atoms with Crippen LogP contribution < -0.4 is 10.2 Å². The fourth-order valence-corrected chi connectivity index (χ4v) is 1.96. The van der Waals surface area contributed by atoms with E-state index >= 15 is 0 Å². The molecule has 1 N–H and O–H groups in total. The van der Waals surface area contributed by atoms with Gasteiger partial charge < -0.3 is 10.2 Å². The Bertz CT molecular complexity index is 439. The van der Waals surface area contributed by atoms with Gasteiger partial charge in [0.1, 0.15) is 5.01 Å². The molecule has 2 heterocycles. The van der Waals surface area contributed by atoms with Gasteiger partial charge in [-0.25, -0.2) is 9.97 Å². The van der Waals surface area contributed by atoms with Crippen molar-refractivity contribution in [2.75, 3.05) is 24.3 Å². The van der Waals surface area contributed by atoms with Crippen LogP contribution in [0, 0.1) is 0 Å². The number of anilines is 2. The van der Waals surface area contributed by atoms with Gasteiger partial charge in [0.2, 0.25) is 0 Å². The molecular weight excluding hydrogens is 220 g/mol. The Balaban J connectivity index is 2.09. The highest BCUT2D eigenvalue weighted by atomic mass is 32.1. The smallest absolute Gasteiger partial charge is 0.151 e. The molecule has 2 aromatic rings. The third-order valence-corrected chi connectivity index (χ3v) is 2.90. The largest absolute Gasteiger partial charge is 0.376 e. The van der Waals surface area contributed by atoms with Crippen LogP contribution in [-0.4, -0.2) is 24.1 Å². The van der Waals surface area contributed by atoms with Gasteiger partial charge in [-0.05, 0) is 12.1 Å². The van der Waals surface area contributed by atoms with Crippen LogP contribution >= 0.6 is 11.3 Å². The molecule has 0 unspecified atom stereocenters. The quantitative estimate of drug-likeness (QED) is 0.880. The van der Waals surface area contributed by atoms with Gasteiger partial charge in [0.25, 0.3) is 0 Å². The Morgan fingerprint density at radius 2 is 2.19 bits per heavy atom. The summed E-state index contributed by atoms with van der Waals surface area (Å²) < 4.78 is 0. The highest BCUT2D eigenvalue weighted by Gasteiger charge is 2.04. The third kappa shape index (κ3) is 2.49. The van der Waals surface area contributed by atoms with Crippen molar-refractivity contribution in [2.45, 2.75) is 6.54 Å². The minimum Gasteiger partial charge on any atom is -0.376 e. The van der Waals surface area contributed by atoms with Crippen LogP contribution in [0.15, 0.2) is 29.9 Å². The Hall–Kier alpha value is -1.62. The maximum absolute atomic E-state index is 4.32. The lowest BCUT2D eigenvalue weighted by atomic mass is 10.3. The fourth-order valence-electron chi connectivity index (χ4n) is 1.40. The molecule has 5 heteroatoms. The van der Waals surface area contributed by atoms with Gasteiger partial charge in [-0.2, -0.15) is 0 Å². The zero-order valence-corrected chi connectivity index (χ0v) is 10.2. The molecule has 16 heavy (non-hydrogen) atoms. The van der Waals surface area contributed by atoms with Gasteiger partial charge in [0.15, 0.2) is 5.82 Å². The van der Waals surface area contributed by atoms with E-state index in [1.807, 2.05) is 42.7 Å². The average Bonchev–Trinajstić information content (AvgIpc) is 2.79. The van der Waals surface area contributed by atoms with Crippen molar-refractivity contribution in [1.82, 2.24) is 9.97 Å². The van der Waals surface area contributed by atoms with Crippen molar-refractivity contribution < 1.29 is 0 Å².